The maximum atomic E-state index is 11.8. The van der Waals surface area contributed by atoms with E-state index in [0.29, 0.717) is 30.9 Å². The van der Waals surface area contributed by atoms with Crippen LogP contribution in [-0.2, 0) is 21.2 Å². The maximum Gasteiger partial charge on any atom is 0.303 e. The Balaban J connectivity index is 2.28. The molecule has 0 aliphatic carbocycles. The summed E-state index contributed by atoms with van der Waals surface area (Å²) in [5, 5.41) is 8.74. The van der Waals surface area contributed by atoms with Crippen LogP contribution in [-0.4, -0.2) is 46.6 Å². The molecule has 0 aromatic carbocycles. The van der Waals surface area contributed by atoms with Crippen LogP contribution in [0, 0.1) is 6.92 Å². The highest BCUT2D eigenvalue weighted by atomic mass is 32.2. The molecule has 1 aromatic heterocycles. The standard InChI is InChI=1S/C13H19N3O4S/c1-9-8-10(5-6-12(17)18)15-13(14-9)11-4-3-7-16(11)21(2,19)20/h8,11H,3-7H2,1-2H3,(H,17,18)/t11-/m0/s1. The molecule has 1 aliphatic rings. The highest BCUT2D eigenvalue weighted by Gasteiger charge is 2.34. The molecular formula is C13H19N3O4S. The minimum Gasteiger partial charge on any atom is -0.481 e. The van der Waals surface area contributed by atoms with Crippen LogP contribution in [0.2, 0.25) is 0 Å². The molecule has 0 saturated carbocycles. The molecule has 21 heavy (non-hydrogen) atoms. The van der Waals surface area contributed by atoms with Crippen molar-refractivity contribution >= 4 is 16.0 Å². The van der Waals surface area contributed by atoms with Crippen LogP contribution >= 0.6 is 0 Å². The lowest BCUT2D eigenvalue weighted by Crippen LogP contribution is -2.30. The zero-order valence-electron chi connectivity index (χ0n) is 12.1. The van der Waals surface area contributed by atoms with Gasteiger partial charge in [-0.05, 0) is 25.8 Å². The fourth-order valence-electron chi connectivity index (χ4n) is 2.57. The van der Waals surface area contributed by atoms with Crippen molar-refractivity contribution in [2.75, 3.05) is 12.8 Å². The minimum atomic E-state index is -3.29. The summed E-state index contributed by atoms with van der Waals surface area (Å²) in [6.07, 6.45) is 2.97. The SMILES string of the molecule is Cc1cc(CCC(=O)O)nc([C@@H]2CCCN2S(C)(=O)=O)n1. The predicted molar refractivity (Wildman–Crippen MR) is 76.3 cm³/mol. The highest BCUT2D eigenvalue weighted by molar-refractivity contribution is 7.88. The van der Waals surface area contributed by atoms with Gasteiger partial charge >= 0.3 is 5.97 Å². The van der Waals surface area contributed by atoms with Crippen molar-refractivity contribution in [1.29, 1.82) is 0 Å². The first-order valence-corrected chi connectivity index (χ1v) is 8.65. The van der Waals surface area contributed by atoms with E-state index in [1.165, 1.54) is 10.6 Å². The summed E-state index contributed by atoms with van der Waals surface area (Å²) in [4.78, 5) is 19.4. The molecule has 2 heterocycles. The fourth-order valence-corrected chi connectivity index (χ4v) is 3.69. The molecule has 1 aliphatic heterocycles. The summed E-state index contributed by atoms with van der Waals surface area (Å²) in [6.45, 7) is 2.28. The molecule has 1 atom stereocenters. The van der Waals surface area contributed by atoms with Gasteiger partial charge in [-0.2, -0.15) is 4.31 Å². The number of aromatic nitrogens is 2. The number of carbonyl (C=O) groups is 1. The van der Waals surface area contributed by atoms with Gasteiger partial charge in [0.25, 0.3) is 0 Å². The van der Waals surface area contributed by atoms with Crippen molar-refractivity contribution in [1.82, 2.24) is 14.3 Å². The Morgan fingerprint density at radius 3 is 2.81 bits per heavy atom. The predicted octanol–water partition coefficient (Wildman–Crippen LogP) is 0.899. The largest absolute Gasteiger partial charge is 0.481 e. The average Bonchev–Trinajstić information content (AvgIpc) is 2.84. The molecule has 0 amide bonds. The van der Waals surface area contributed by atoms with Gasteiger partial charge in [0.1, 0.15) is 5.82 Å². The van der Waals surface area contributed by atoms with E-state index in [2.05, 4.69) is 9.97 Å². The monoisotopic (exact) mass is 313 g/mol. The molecule has 0 spiro atoms. The molecule has 0 unspecified atom stereocenters. The van der Waals surface area contributed by atoms with Crippen LogP contribution in [0.5, 0.6) is 0 Å². The number of hydrogen-bond acceptors (Lipinski definition) is 5. The molecule has 1 saturated heterocycles. The van der Waals surface area contributed by atoms with Gasteiger partial charge < -0.3 is 5.11 Å². The number of nitrogens with zero attached hydrogens (tertiary/aromatic N) is 3. The van der Waals surface area contributed by atoms with E-state index in [0.717, 1.165) is 12.1 Å². The fraction of sp³-hybridized carbons (Fsp3) is 0.615. The molecule has 0 radical (unpaired) electrons. The van der Waals surface area contributed by atoms with Crippen LogP contribution in [0.1, 0.15) is 42.5 Å². The number of sulfonamides is 1. The molecule has 1 fully saturated rings. The average molecular weight is 313 g/mol. The smallest absolute Gasteiger partial charge is 0.303 e. The van der Waals surface area contributed by atoms with E-state index in [1.807, 2.05) is 0 Å². The minimum absolute atomic E-state index is 0.00362. The van der Waals surface area contributed by atoms with E-state index in [9.17, 15) is 13.2 Å². The molecule has 116 valence electrons. The van der Waals surface area contributed by atoms with Gasteiger partial charge in [0.2, 0.25) is 10.0 Å². The second-order valence-corrected chi connectivity index (χ2v) is 7.22. The van der Waals surface area contributed by atoms with E-state index in [1.54, 1.807) is 13.0 Å². The van der Waals surface area contributed by atoms with E-state index in [4.69, 9.17) is 5.11 Å². The summed E-state index contributed by atoms with van der Waals surface area (Å²) < 4.78 is 25.0. The zero-order chi connectivity index (χ0) is 15.6. The van der Waals surface area contributed by atoms with Gasteiger partial charge in [0, 0.05) is 24.4 Å². The number of carboxylic acids is 1. The Bertz CT molecular complexity index is 645. The maximum absolute atomic E-state index is 11.8. The highest BCUT2D eigenvalue weighted by Crippen LogP contribution is 2.32. The Labute approximate surface area is 124 Å². The van der Waals surface area contributed by atoms with Gasteiger partial charge in [-0.1, -0.05) is 0 Å². The van der Waals surface area contributed by atoms with Crippen molar-refractivity contribution in [3.05, 3.63) is 23.3 Å². The van der Waals surface area contributed by atoms with Crippen molar-refractivity contribution in [2.24, 2.45) is 0 Å². The first-order chi connectivity index (χ1) is 9.77. The molecule has 0 bridgehead atoms. The van der Waals surface area contributed by atoms with E-state index >= 15 is 0 Å². The van der Waals surface area contributed by atoms with E-state index in [-0.39, 0.29) is 12.5 Å². The second-order valence-electron chi connectivity index (χ2n) is 5.28. The van der Waals surface area contributed by atoms with Gasteiger partial charge in [-0.25, -0.2) is 18.4 Å². The van der Waals surface area contributed by atoms with Crippen LogP contribution in [0.3, 0.4) is 0 Å². The van der Waals surface area contributed by atoms with Gasteiger partial charge in [0.15, 0.2) is 0 Å². The van der Waals surface area contributed by atoms with Crippen molar-refractivity contribution in [2.45, 2.75) is 38.6 Å². The second kappa shape index (κ2) is 6.07. The number of rotatable bonds is 5. The normalized spacial score (nSPS) is 19.8. The number of aryl methyl sites for hydroxylation is 2. The van der Waals surface area contributed by atoms with Gasteiger partial charge in [-0.3, -0.25) is 4.79 Å². The molecule has 7 nitrogen and oxygen atoms in total. The Hall–Kier alpha value is -1.54. The lowest BCUT2D eigenvalue weighted by atomic mass is 10.1. The van der Waals surface area contributed by atoms with Crippen LogP contribution in [0.4, 0.5) is 0 Å². The Morgan fingerprint density at radius 2 is 2.19 bits per heavy atom. The molecule has 1 aromatic rings. The Morgan fingerprint density at radius 1 is 1.48 bits per heavy atom. The van der Waals surface area contributed by atoms with Crippen LogP contribution in [0.25, 0.3) is 0 Å². The summed E-state index contributed by atoms with van der Waals surface area (Å²) in [6, 6.07) is 1.40. The lowest BCUT2D eigenvalue weighted by Gasteiger charge is -2.21. The third-order valence-electron chi connectivity index (χ3n) is 3.45. The van der Waals surface area contributed by atoms with Crippen LogP contribution < -0.4 is 0 Å². The summed E-state index contributed by atoms with van der Waals surface area (Å²) in [5.74, 6) is -0.412. The third-order valence-corrected chi connectivity index (χ3v) is 4.74. The molecule has 1 N–H and O–H groups in total. The first kappa shape index (κ1) is 15.8. The lowest BCUT2D eigenvalue weighted by molar-refractivity contribution is -0.136. The van der Waals surface area contributed by atoms with Crippen molar-refractivity contribution < 1.29 is 18.3 Å². The molecule has 2 rings (SSSR count). The summed E-state index contributed by atoms with van der Waals surface area (Å²) in [5.41, 5.74) is 1.36. The number of aliphatic carboxylic acids is 1. The van der Waals surface area contributed by atoms with Crippen molar-refractivity contribution in [3.8, 4) is 0 Å². The number of hydrogen-bond donors (Lipinski definition) is 1. The first-order valence-electron chi connectivity index (χ1n) is 6.80. The van der Waals surface area contributed by atoms with Gasteiger partial charge in [-0.15, -0.1) is 0 Å². The van der Waals surface area contributed by atoms with Gasteiger partial charge in [0.05, 0.1) is 18.7 Å². The number of carboxylic acid groups (broad SMARTS) is 1. The summed E-state index contributed by atoms with van der Waals surface area (Å²) >= 11 is 0. The topological polar surface area (TPSA) is 100 Å². The molecular weight excluding hydrogens is 294 g/mol. The third kappa shape index (κ3) is 3.98. The summed E-state index contributed by atoms with van der Waals surface area (Å²) in [7, 11) is -3.29. The van der Waals surface area contributed by atoms with E-state index < -0.39 is 16.0 Å². The van der Waals surface area contributed by atoms with Crippen LogP contribution in [0.15, 0.2) is 6.07 Å². The quantitative estimate of drug-likeness (QED) is 0.866. The van der Waals surface area contributed by atoms with Crippen molar-refractivity contribution in [3.63, 3.8) is 0 Å². The Kier molecular flexibility index (Phi) is 4.58. The zero-order valence-corrected chi connectivity index (χ0v) is 12.9. The molecule has 8 heteroatoms.